The van der Waals surface area contributed by atoms with Crippen LogP contribution in [0.25, 0.3) is 11.2 Å². The molecule has 1 aromatic carbocycles. The van der Waals surface area contributed by atoms with Crippen LogP contribution >= 0.6 is 0 Å². The Labute approximate surface area is 173 Å². The fourth-order valence-corrected chi connectivity index (χ4v) is 3.88. The Morgan fingerprint density at radius 1 is 1.13 bits per heavy atom. The molecule has 3 aromatic heterocycles. The van der Waals surface area contributed by atoms with Crippen LogP contribution in [0.15, 0.2) is 55.1 Å². The van der Waals surface area contributed by atoms with Crippen LogP contribution in [0, 0.1) is 0 Å². The predicted molar refractivity (Wildman–Crippen MR) is 113 cm³/mol. The van der Waals surface area contributed by atoms with E-state index in [9.17, 15) is 10.2 Å². The molecule has 4 aromatic rings. The van der Waals surface area contributed by atoms with Gasteiger partial charge in [0.05, 0.1) is 25.5 Å². The summed E-state index contributed by atoms with van der Waals surface area (Å²) in [5.41, 5.74) is 2.51. The molecule has 5 rings (SSSR count). The molecule has 0 spiro atoms. The monoisotopic (exact) mass is 405 g/mol. The number of aromatic nitrogens is 5. The number of nitrogens with one attached hydrogen (secondary N) is 1. The molecule has 4 heterocycles. The van der Waals surface area contributed by atoms with E-state index in [1.807, 2.05) is 52.1 Å². The number of para-hydroxylation sites is 1. The van der Waals surface area contributed by atoms with Gasteiger partial charge in [0.15, 0.2) is 5.82 Å². The van der Waals surface area contributed by atoms with Crippen LogP contribution in [0.1, 0.15) is 18.4 Å². The van der Waals surface area contributed by atoms with Gasteiger partial charge in [-0.1, -0.05) is 18.2 Å². The van der Waals surface area contributed by atoms with Crippen molar-refractivity contribution in [2.75, 3.05) is 23.4 Å². The number of hydrogen-bond donors (Lipinski definition) is 3. The molecule has 1 fully saturated rings. The fourth-order valence-electron chi connectivity index (χ4n) is 3.88. The van der Waals surface area contributed by atoms with Gasteiger partial charge in [-0.05, 0) is 36.6 Å². The highest BCUT2D eigenvalue weighted by Gasteiger charge is 2.27. The molecule has 0 aliphatic carbocycles. The zero-order valence-electron chi connectivity index (χ0n) is 16.4. The van der Waals surface area contributed by atoms with Crippen molar-refractivity contribution in [1.29, 1.82) is 0 Å². The van der Waals surface area contributed by atoms with Crippen LogP contribution in [-0.2, 0) is 6.61 Å². The van der Waals surface area contributed by atoms with E-state index in [2.05, 4.69) is 15.4 Å². The number of rotatable bonds is 6. The summed E-state index contributed by atoms with van der Waals surface area (Å²) >= 11 is 0. The molecule has 9 heteroatoms. The summed E-state index contributed by atoms with van der Waals surface area (Å²) in [5, 5.41) is 27.2. The number of nitrogens with zero attached hydrogens (tertiary/aromatic N) is 6. The largest absolute Gasteiger partial charge is 0.394 e. The van der Waals surface area contributed by atoms with Crippen molar-refractivity contribution in [1.82, 2.24) is 24.1 Å². The van der Waals surface area contributed by atoms with Crippen LogP contribution in [-0.4, -0.2) is 53.6 Å². The Balaban J connectivity index is 1.52. The maximum Gasteiger partial charge on any atom is 0.245 e. The van der Waals surface area contributed by atoms with E-state index in [1.54, 1.807) is 17.0 Å². The van der Waals surface area contributed by atoms with E-state index in [1.165, 1.54) is 0 Å². The first-order chi connectivity index (χ1) is 14.7. The Hall–Kier alpha value is -3.43. The zero-order chi connectivity index (χ0) is 20.5. The molecule has 3 N–H and O–H groups in total. The third-order valence-electron chi connectivity index (χ3n) is 5.42. The summed E-state index contributed by atoms with van der Waals surface area (Å²) in [6, 6.07) is 11.8. The van der Waals surface area contributed by atoms with Gasteiger partial charge in [-0.15, -0.1) is 5.10 Å². The van der Waals surface area contributed by atoms with E-state index < -0.39 is 0 Å². The van der Waals surface area contributed by atoms with E-state index in [0.29, 0.717) is 17.6 Å². The maximum absolute atomic E-state index is 9.70. The van der Waals surface area contributed by atoms with Gasteiger partial charge in [0.25, 0.3) is 0 Å². The lowest BCUT2D eigenvalue weighted by Gasteiger charge is -2.23. The minimum absolute atomic E-state index is 0.0143. The molecule has 1 saturated heterocycles. The van der Waals surface area contributed by atoms with Crippen molar-refractivity contribution in [2.45, 2.75) is 25.5 Å². The van der Waals surface area contributed by atoms with Gasteiger partial charge in [0.2, 0.25) is 5.95 Å². The number of anilines is 3. The average molecular weight is 405 g/mol. The second-order valence-corrected chi connectivity index (χ2v) is 7.40. The lowest BCUT2D eigenvalue weighted by molar-refractivity contribution is 0.265. The first kappa shape index (κ1) is 18.6. The van der Waals surface area contributed by atoms with Gasteiger partial charge in [0, 0.05) is 18.4 Å². The molecule has 30 heavy (non-hydrogen) atoms. The summed E-state index contributed by atoms with van der Waals surface area (Å²) in [4.78, 5) is 11.2. The van der Waals surface area contributed by atoms with Crippen molar-refractivity contribution < 1.29 is 10.2 Å². The van der Waals surface area contributed by atoms with Gasteiger partial charge in [-0.25, -0.2) is 9.50 Å². The summed E-state index contributed by atoms with van der Waals surface area (Å²) in [7, 11) is 0. The molecular formula is C21H23N7O2. The second kappa shape index (κ2) is 7.77. The summed E-state index contributed by atoms with van der Waals surface area (Å²) in [5.74, 6) is 1.79. The lowest BCUT2D eigenvalue weighted by atomic mass is 10.2. The van der Waals surface area contributed by atoms with Crippen LogP contribution in [0.4, 0.5) is 17.6 Å². The van der Waals surface area contributed by atoms with Crippen LogP contribution in [0.3, 0.4) is 0 Å². The highest BCUT2D eigenvalue weighted by molar-refractivity contribution is 5.74. The molecule has 1 aliphatic heterocycles. The number of aliphatic hydroxyl groups is 2. The zero-order valence-corrected chi connectivity index (χ0v) is 16.4. The molecule has 0 bridgehead atoms. The van der Waals surface area contributed by atoms with E-state index >= 15 is 0 Å². The van der Waals surface area contributed by atoms with Gasteiger partial charge in [-0.3, -0.25) is 0 Å². The Kier molecular flexibility index (Phi) is 4.82. The average Bonchev–Trinajstić information content (AvgIpc) is 3.53. The molecule has 0 radical (unpaired) electrons. The van der Waals surface area contributed by atoms with Crippen molar-refractivity contribution in [3.05, 3.63) is 60.7 Å². The molecule has 1 aliphatic rings. The Morgan fingerprint density at radius 3 is 2.80 bits per heavy atom. The predicted octanol–water partition coefficient (Wildman–Crippen LogP) is 2.11. The SMILES string of the molecule is OCc1cc2c(Nc3cn(-c4ccccc4)cn3)nc(N3CCC[C@H]3CO)nn2c1. The number of hydrogen-bond acceptors (Lipinski definition) is 7. The van der Waals surface area contributed by atoms with Gasteiger partial charge >= 0.3 is 0 Å². The van der Waals surface area contributed by atoms with E-state index in [0.717, 1.165) is 36.2 Å². The number of imidazole rings is 1. The molecule has 154 valence electrons. The quantitative estimate of drug-likeness (QED) is 0.451. The normalized spacial score (nSPS) is 16.5. The third-order valence-corrected chi connectivity index (χ3v) is 5.42. The standard InChI is InChI=1S/C21H23N7O2/c29-12-15-9-18-20(23-19-11-26(14-22-19)16-5-2-1-3-6-16)24-21(25-28(18)10-15)27-8-4-7-17(27)13-30/h1-3,5-6,9-11,14,17,29-30H,4,7-8,12-13H2,(H,23,24,25)/t17-/m0/s1. The van der Waals surface area contributed by atoms with Crippen molar-refractivity contribution in [3.63, 3.8) is 0 Å². The molecule has 0 amide bonds. The molecule has 0 saturated carbocycles. The van der Waals surface area contributed by atoms with Crippen molar-refractivity contribution in [3.8, 4) is 5.69 Å². The van der Waals surface area contributed by atoms with Gasteiger partial charge in [0.1, 0.15) is 17.7 Å². The van der Waals surface area contributed by atoms with Gasteiger partial charge < -0.3 is 25.0 Å². The molecule has 9 nitrogen and oxygen atoms in total. The van der Waals surface area contributed by atoms with Crippen molar-refractivity contribution in [2.24, 2.45) is 0 Å². The topological polar surface area (TPSA) is 104 Å². The highest BCUT2D eigenvalue weighted by atomic mass is 16.3. The lowest BCUT2D eigenvalue weighted by Crippen LogP contribution is -2.34. The van der Waals surface area contributed by atoms with Crippen LogP contribution in [0.5, 0.6) is 0 Å². The maximum atomic E-state index is 9.70. The highest BCUT2D eigenvalue weighted by Crippen LogP contribution is 2.27. The fraction of sp³-hybridized carbons (Fsp3) is 0.286. The molecule has 1 atom stereocenters. The summed E-state index contributed by atoms with van der Waals surface area (Å²) in [6.45, 7) is 0.788. The van der Waals surface area contributed by atoms with Crippen molar-refractivity contribution >= 4 is 23.1 Å². The minimum atomic E-state index is -0.0796. The van der Waals surface area contributed by atoms with E-state index in [-0.39, 0.29) is 19.3 Å². The smallest absolute Gasteiger partial charge is 0.245 e. The summed E-state index contributed by atoms with van der Waals surface area (Å²) in [6.07, 6.45) is 7.34. The van der Waals surface area contributed by atoms with E-state index in [4.69, 9.17) is 4.98 Å². The Bertz CT molecular complexity index is 1150. The second-order valence-electron chi connectivity index (χ2n) is 7.40. The minimum Gasteiger partial charge on any atom is -0.394 e. The number of fused-ring (bicyclic) bond motifs is 1. The van der Waals surface area contributed by atoms with Crippen LogP contribution < -0.4 is 10.2 Å². The number of aliphatic hydroxyl groups excluding tert-OH is 2. The molecular weight excluding hydrogens is 382 g/mol. The first-order valence-corrected chi connectivity index (χ1v) is 9.99. The Morgan fingerprint density at radius 2 is 2.00 bits per heavy atom. The van der Waals surface area contributed by atoms with Gasteiger partial charge in [-0.2, -0.15) is 4.98 Å². The number of benzene rings is 1. The van der Waals surface area contributed by atoms with Crippen LogP contribution in [0.2, 0.25) is 0 Å². The summed E-state index contributed by atoms with van der Waals surface area (Å²) < 4.78 is 3.65. The first-order valence-electron chi connectivity index (χ1n) is 9.99. The third kappa shape index (κ3) is 3.38. The molecule has 0 unspecified atom stereocenters.